The highest BCUT2D eigenvalue weighted by molar-refractivity contribution is 5.78. The number of carbonyl (C=O) groups is 1. The van der Waals surface area contributed by atoms with Gasteiger partial charge in [0.1, 0.15) is 0 Å². The Morgan fingerprint density at radius 2 is 2.13 bits per heavy atom. The molecule has 2 rings (SSSR count). The molecule has 2 unspecified atom stereocenters. The van der Waals surface area contributed by atoms with E-state index < -0.39 is 17.3 Å². The lowest BCUT2D eigenvalue weighted by Crippen LogP contribution is -2.12. The van der Waals surface area contributed by atoms with Gasteiger partial charge in [0.25, 0.3) is 0 Å². The van der Waals surface area contributed by atoms with E-state index in [-0.39, 0.29) is 0 Å². The van der Waals surface area contributed by atoms with Gasteiger partial charge in [0.2, 0.25) is 0 Å². The van der Waals surface area contributed by atoms with Gasteiger partial charge in [-0.3, -0.25) is 4.79 Å². The lowest BCUT2D eigenvalue weighted by molar-refractivity contribution is -0.138. The number of carboxylic acids is 1. The average Bonchev–Trinajstić information content (AvgIpc) is 2.95. The minimum absolute atomic E-state index is 0.432. The Morgan fingerprint density at radius 3 is 2.53 bits per heavy atom. The molecule has 1 aliphatic carbocycles. The van der Waals surface area contributed by atoms with Crippen LogP contribution >= 0.6 is 0 Å². The van der Waals surface area contributed by atoms with Crippen molar-refractivity contribution in [2.24, 2.45) is 5.92 Å². The van der Waals surface area contributed by atoms with Gasteiger partial charge in [-0.1, -0.05) is 29.8 Å². The summed E-state index contributed by atoms with van der Waals surface area (Å²) in [6, 6.07) is 9.65. The summed E-state index contributed by atoms with van der Waals surface area (Å²) >= 11 is 0. The second kappa shape index (κ2) is 3.09. The summed E-state index contributed by atoms with van der Waals surface area (Å²) in [4.78, 5) is 10.8. The minimum atomic E-state index is -0.878. The van der Waals surface area contributed by atoms with Crippen molar-refractivity contribution in [3.05, 3.63) is 35.4 Å². The van der Waals surface area contributed by atoms with Crippen molar-refractivity contribution in [2.75, 3.05) is 0 Å². The molecule has 1 aromatic carbocycles. The highest BCUT2D eigenvalue weighted by Crippen LogP contribution is 2.53. The van der Waals surface area contributed by atoms with Gasteiger partial charge >= 0.3 is 5.97 Å². The van der Waals surface area contributed by atoms with Crippen molar-refractivity contribution in [2.45, 2.75) is 18.8 Å². The molecule has 3 heteroatoms. The Bertz CT molecular complexity index is 444. The Hall–Kier alpha value is -1.82. The predicted molar refractivity (Wildman–Crippen MR) is 54.2 cm³/mol. The Kier molecular flexibility index (Phi) is 2.01. The summed E-state index contributed by atoms with van der Waals surface area (Å²) < 4.78 is 0. The van der Waals surface area contributed by atoms with Crippen LogP contribution < -0.4 is 0 Å². The molecule has 1 N–H and O–H groups in total. The molecule has 76 valence electrons. The monoisotopic (exact) mass is 201 g/mol. The molecule has 3 nitrogen and oxygen atoms in total. The van der Waals surface area contributed by atoms with Crippen molar-refractivity contribution in [1.82, 2.24) is 0 Å². The first-order valence-electron chi connectivity index (χ1n) is 4.81. The number of hydrogen-bond acceptors (Lipinski definition) is 2. The van der Waals surface area contributed by atoms with Crippen LogP contribution in [0.2, 0.25) is 0 Å². The van der Waals surface area contributed by atoms with Gasteiger partial charge < -0.3 is 5.11 Å². The molecule has 0 bridgehead atoms. The van der Waals surface area contributed by atoms with E-state index in [1.165, 1.54) is 0 Å². The summed E-state index contributed by atoms with van der Waals surface area (Å²) in [7, 11) is 0. The van der Waals surface area contributed by atoms with Crippen LogP contribution in [-0.2, 0) is 10.2 Å². The zero-order valence-electron chi connectivity index (χ0n) is 8.40. The predicted octanol–water partition coefficient (Wildman–Crippen LogP) is 1.86. The third-order valence-electron chi connectivity index (χ3n) is 3.03. The third-order valence-corrected chi connectivity index (χ3v) is 3.03. The molecule has 1 aliphatic rings. The molecule has 0 amide bonds. The van der Waals surface area contributed by atoms with Crippen LogP contribution in [0.25, 0.3) is 0 Å². The maximum Gasteiger partial charge on any atom is 0.308 e. The van der Waals surface area contributed by atoms with Gasteiger partial charge in [0.15, 0.2) is 0 Å². The van der Waals surface area contributed by atoms with E-state index >= 15 is 0 Å². The number of hydrogen-bond donors (Lipinski definition) is 1. The first kappa shape index (κ1) is 9.72. The molecule has 1 saturated carbocycles. The lowest BCUT2D eigenvalue weighted by Gasteiger charge is -2.07. The number of aliphatic carboxylic acids is 1. The van der Waals surface area contributed by atoms with Gasteiger partial charge in [0.05, 0.1) is 17.4 Å². The van der Waals surface area contributed by atoms with Crippen LogP contribution in [0.3, 0.4) is 0 Å². The van der Waals surface area contributed by atoms with E-state index in [0.717, 1.165) is 11.1 Å². The standard InChI is InChI=1S/C12H11NO2/c1-8-2-4-9(5-3-8)12(7-13)6-10(12)11(14)15/h2-5,10H,6H2,1H3,(H,14,15). The number of carboxylic acid groups (broad SMARTS) is 1. The zero-order chi connectivity index (χ0) is 11.1. The summed E-state index contributed by atoms with van der Waals surface area (Å²) in [6.07, 6.45) is 0.432. The Labute approximate surface area is 88.0 Å². The molecule has 0 saturated heterocycles. The van der Waals surface area contributed by atoms with E-state index in [1.807, 2.05) is 31.2 Å². The van der Waals surface area contributed by atoms with Gasteiger partial charge in [-0.25, -0.2) is 0 Å². The molecule has 0 heterocycles. The van der Waals surface area contributed by atoms with Crippen molar-refractivity contribution in [3.63, 3.8) is 0 Å². The molecule has 0 radical (unpaired) electrons. The van der Waals surface area contributed by atoms with Crippen LogP contribution in [0.4, 0.5) is 0 Å². The Balaban J connectivity index is 2.35. The van der Waals surface area contributed by atoms with Crippen LogP contribution in [0.15, 0.2) is 24.3 Å². The molecule has 2 atom stereocenters. The van der Waals surface area contributed by atoms with E-state index in [0.29, 0.717) is 6.42 Å². The van der Waals surface area contributed by atoms with Crippen molar-refractivity contribution >= 4 is 5.97 Å². The van der Waals surface area contributed by atoms with E-state index in [4.69, 9.17) is 10.4 Å². The number of benzene rings is 1. The maximum absolute atomic E-state index is 10.8. The van der Waals surface area contributed by atoms with Crippen LogP contribution in [0.1, 0.15) is 17.5 Å². The molecule has 0 aliphatic heterocycles. The van der Waals surface area contributed by atoms with Crippen molar-refractivity contribution in [1.29, 1.82) is 5.26 Å². The summed E-state index contributed by atoms with van der Waals surface area (Å²) in [5.74, 6) is -1.41. The fourth-order valence-electron chi connectivity index (χ4n) is 1.92. The van der Waals surface area contributed by atoms with Gasteiger partial charge in [0, 0.05) is 0 Å². The lowest BCUT2D eigenvalue weighted by atomic mass is 9.94. The average molecular weight is 201 g/mol. The van der Waals surface area contributed by atoms with Crippen LogP contribution in [-0.4, -0.2) is 11.1 Å². The molecular formula is C12H11NO2. The molecule has 1 fully saturated rings. The van der Waals surface area contributed by atoms with Crippen LogP contribution in [0.5, 0.6) is 0 Å². The van der Waals surface area contributed by atoms with Gasteiger partial charge in [-0.05, 0) is 18.9 Å². The summed E-state index contributed by atoms with van der Waals surface area (Å²) in [5.41, 5.74) is 1.15. The summed E-state index contributed by atoms with van der Waals surface area (Å²) in [6.45, 7) is 1.96. The highest BCUT2D eigenvalue weighted by atomic mass is 16.4. The molecule has 1 aromatic rings. The van der Waals surface area contributed by atoms with Crippen LogP contribution in [0, 0.1) is 24.2 Å². The first-order chi connectivity index (χ1) is 7.10. The number of aryl methyl sites for hydroxylation is 1. The normalized spacial score (nSPS) is 28.1. The number of nitrogens with zero attached hydrogens (tertiary/aromatic N) is 1. The Morgan fingerprint density at radius 1 is 1.53 bits per heavy atom. The fraction of sp³-hybridized carbons (Fsp3) is 0.333. The second-order valence-electron chi connectivity index (χ2n) is 4.04. The molecule has 0 aromatic heterocycles. The highest BCUT2D eigenvalue weighted by Gasteiger charge is 2.60. The maximum atomic E-state index is 10.8. The van der Waals surface area contributed by atoms with E-state index in [9.17, 15) is 4.79 Å². The second-order valence-corrected chi connectivity index (χ2v) is 4.04. The zero-order valence-corrected chi connectivity index (χ0v) is 8.40. The largest absolute Gasteiger partial charge is 0.481 e. The quantitative estimate of drug-likeness (QED) is 0.794. The van der Waals surface area contributed by atoms with E-state index in [2.05, 4.69) is 6.07 Å². The minimum Gasteiger partial charge on any atom is -0.481 e. The van der Waals surface area contributed by atoms with Gasteiger partial charge in [-0.2, -0.15) is 5.26 Å². The fourth-order valence-corrected chi connectivity index (χ4v) is 1.92. The third kappa shape index (κ3) is 1.39. The van der Waals surface area contributed by atoms with Crippen molar-refractivity contribution in [3.8, 4) is 6.07 Å². The van der Waals surface area contributed by atoms with E-state index in [1.54, 1.807) is 0 Å². The SMILES string of the molecule is Cc1ccc(C2(C#N)CC2C(=O)O)cc1. The van der Waals surface area contributed by atoms with Gasteiger partial charge in [-0.15, -0.1) is 0 Å². The first-order valence-corrected chi connectivity index (χ1v) is 4.81. The number of nitriles is 1. The molecule has 15 heavy (non-hydrogen) atoms. The molecule has 0 spiro atoms. The summed E-state index contributed by atoms with van der Waals surface area (Å²) in [5, 5.41) is 18.0. The molecular weight excluding hydrogens is 190 g/mol. The topological polar surface area (TPSA) is 61.1 Å². The smallest absolute Gasteiger partial charge is 0.308 e. The number of rotatable bonds is 2. The van der Waals surface area contributed by atoms with Crippen molar-refractivity contribution < 1.29 is 9.90 Å².